The minimum Gasteiger partial charge on any atom is -0.495 e. The van der Waals surface area contributed by atoms with Crippen molar-refractivity contribution in [1.29, 1.82) is 0 Å². The molecule has 22 heavy (non-hydrogen) atoms. The number of anilines is 2. The third kappa shape index (κ3) is 3.60. The molecule has 0 radical (unpaired) electrons. The van der Waals surface area contributed by atoms with Gasteiger partial charge in [-0.1, -0.05) is 12.1 Å². The van der Waals surface area contributed by atoms with E-state index in [0.717, 1.165) is 0 Å². The van der Waals surface area contributed by atoms with Crippen molar-refractivity contribution in [3.05, 3.63) is 53.8 Å². The summed E-state index contributed by atoms with van der Waals surface area (Å²) in [6, 6.07) is 10.4. The van der Waals surface area contributed by atoms with Crippen LogP contribution in [0.15, 0.2) is 42.5 Å². The van der Waals surface area contributed by atoms with Crippen molar-refractivity contribution in [2.45, 2.75) is 6.92 Å². The van der Waals surface area contributed by atoms with Crippen LogP contribution in [0.5, 0.6) is 5.75 Å². The first-order valence-electron chi connectivity index (χ1n) is 6.52. The van der Waals surface area contributed by atoms with Crippen LogP contribution in [-0.4, -0.2) is 18.9 Å². The van der Waals surface area contributed by atoms with Crippen LogP contribution < -0.4 is 15.4 Å². The summed E-state index contributed by atoms with van der Waals surface area (Å²) in [5, 5.41) is 5.05. The van der Waals surface area contributed by atoms with Gasteiger partial charge in [0.25, 0.3) is 5.91 Å². The topological polar surface area (TPSA) is 67.4 Å². The lowest BCUT2D eigenvalue weighted by Crippen LogP contribution is -2.14. The van der Waals surface area contributed by atoms with Crippen molar-refractivity contribution < 1.29 is 18.7 Å². The predicted molar refractivity (Wildman–Crippen MR) is 81.7 cm³/mol. The molecule has 2 aromatic carbocycles. The second-order valence-corrected chi connectivity index (χ2v) is 4.53. The zero-order valence-electron chi connectivity index (χ0n) is 12.1. The van der Waals surface area contributed by atoms with E-state index >= 15 is 0 Å². The molecule has 0 aliphatic rings. The Bertz CT molecular complexity index is 716. The number of carbonyl (C=O) groups excluding carboxylic acids is 2. The molecule has 0 spiro atoms. The summed E-state index contributed by atoms with van der Waals surface area (Å²) in [6.07, 6.45) is 0. The number of carbonyl (C=O) groups is 2. The molecular weight excluding hydrogens is 287 g/mol. The monoisotopic (exact) mass is 302 g/mol. The molecule has 0 saturated carbocycles. The highest BCUT2D eigenvalue weighted by Gasteiger charge is 2.12. The highest BCUT2D eigenvalue weighted by Crippen LogP contribution is 2.26. The van der Waals surface area contributed by atoms with Crippen molar-refractivity contribution in [3.63, 3.8) is 0 Å². The number of ether oxygens (including phenoxy) is 1. The van der Waals surface area contributed by atoms with Crippen LogP contribution in [0.4, 0.5) is 15.8 Å². The van der Waals surface area contributed by atoms with E-state index < -0.39 is 11.7 Å². The number of nitrogens with one attached hydrogen (secondary N) is 2. The van der Waals surface area contributed by atoms with Crippen molar-refractivity contribution in [2.75, 3.05) is 17.7 Å². The molecule has 0 fully saturated rings. The Kier molecular flexibility index (Phi) is 4.73. The van der Waals surface area contributed by atoms with Gasteiger partial charge in [-0.2, -0.15) is 0 Å². The van der Waals surface area contributed by atoms with Gasteiger partial charge in [-0.25, -0.2) is 4.39 Å². The zero-order valence-corrected chi connectivity index (χ0v) is 12.1. The lowest BCUT2D eigenvalue weighted by Gasteiger charge is -2.11. The third-order valence-corrected chi connectivity index (χ3v) is 2.89. The first-order valence-corrected chi connectivity index (χ1v) is 6.52. The normalized spacial score (nSPS) is 9.95. The van der Waals surface area contributed by atoms with E-state index in [0.29, 0.717) is 11.4 Å². The molecule has 0 aliphatic heterocycles. The molecule has 114 valence electrons. The molecule has 0 unspecified atom stereocenters. The standard InChI is InChI=1S/C16H15FN2O3/c1-10(20)18-14-9-11(7-8-15(14)22-2)16(21)19-13-6-4-3-5-12(13)17/h3-9H,1-2H3,(H,18,20)(H,19,21). The molecule has 6 heteroatoms. The molecule has 0 aromatic heterocycles. The molecule has 2 aromatic rings. The largest absolute Gasteiger partial charge is 0.495 e. The number of halogens is 1. The molecule has 2 amide bonds. The number of para-hydroxylation sites is 1. The van der Waals surface area contributed by atoms with Gasteiger partial charge in [0.1, 0.15) is 11.6 Å². The molecular formula is C16H15FN2O3. The summed E-state index contributed by atoms with van der Waals surface area (Å²) in [7, 11) is 1.46. The van der Waals surface area contributed by atoms with Crippen LogP contribution in [0.1, 0.15) is 17.3 Å². The van der Waals surface area contributed by atoms with Gasteiger partial charge in [-0.05, 0) is 30.3 Å². The first kappa shape index (κ1) is 15.5. The maximum absolute atomic E-state index is 13.5. The van der Waals surface area contributed by atoms with Gasteiger partial charge in [-0.15, -0.1) is 0 Å². The Hall–Kier alpha value is -2.89. The number of benzene rings is 2. The number of hydrogen-bond donors (Lipinski definition) is 2. The average Bonchev–Trinajstić information content (AvgIpc) is 2.49. The average molecular weight is 302 g/mol. The fourth-order valence-electron chi connectivity index (χ4n) is 1.89. The molecule has 0 aliphatic carbocycles. The summed E-state index contributed by atoms with van der Waals surface area (Å²) in [4.78, 5) is 23.4. The van der Waals surface area contributed by atoms with Gasteiger partial charge < -0.3 is 15.4 Å². The van der Waals surface area contributed by atoms with Crippen LogP contribution in [0, 0.1) is 5.82 Å². The van der Waals surface area contributed by atoms with Crippen LogP contribution in [0.3, 0.4) is 0 Å². The lowest BCUT2D eigenvalue weighted by molar-refractivity contribution is -0.114. The van der Waals surface area contributed by atoms with E-state index in [1.807, 2.05) is 0 Å². The highest BCUT2D eigenvalue weighted by molar-refractivity contribution is 6.05. The molecule has 2 rings (SSSR count). The highest BCUT2D eigenvalue weighted by atomic mass is 19.1. The summed E-state index contributed by atoms with van der Waals surface area (Å²) in [5.74, 6) is -0.867. The Labute approximate surface area is 127 Å². The first-order chi connectivity index (χ1) is 10.5. The molecule has 0 bridgehead atoms. The van der Waals surface area contributed by atoms with E-state index in [9.17, 15) is 14.0 Å². The predicted octanol–water partition coefficient (Wildman–Crippen LogP) is 3.05. The van der Waals surface area contributed by atoms with Gasteiger partial charge in [0, 0.05) is 12.5 Å². The van der Waals surface area contributed by atoms with Crippen molar-refractivity contribution in [1.82, 2.24) is 0 Å². The van der Waals surface area contributed by atoms with Gasteiger partial charge in [-0.3, -0.25) is 9.59 Å². The molecule has 0 heterocycles. The fraction of sp³-hybridized carbons (Fsp3) is 0.125. The number of amides is 2. The summed E-state index contributed by atoms with van der Waals surface area (Å²) in [5.41, 5.74) is 0.730. The van der Waals surface area contributed by atoms with Crippen LogP contribution in [0.2, 0.25) is 0 Å². The minimum absolute atomic E-state index is 0.0874. The molecule has 0 atom stereocenters. The third-order valence-electron chi connectivity index (χ3n) is 2.89. The summed E-state index contributed by atoms with van der Waals surface area (Å²) in [6.45, 7) is 1.35. The minimum atomic E-state index is -0.522. The van der Waals surface area contributed by atoms with E-state index in [1.165, 1.54) is 44.4 Å². The second-order valence-electron chi connectivity index (χ2n) is 4.53. The SMILES string of the molecule is COc1ccc(C(=O)Nc2ccccc2F)cc1NC(C)=O. The quantitative estimate of drug-likeness (QED) is 0.912. The molecule has 2 N–H and O–H groups in total. The Morgan fingerprint density at radius 2 is 1.77 bits per heavy atom. The number of rotatable bonds is 4. The van der Waals surface area contributed by atoms with Crippen molar-refractivity contribution in [3.8, 4) is 5.75 Å². The lowest BCUT2D eigenvalue weighted by atomic mass is 10.1. The van der Waals surface area contributed by atoms with E-state index in [4.69, 9.17) is 4.74 Å². The summed E-state index contributed by atoms with van der Waals surface area (Å²) < 4.78 is 18.7. The van der Waals surface area contributed by atoms with E-state index in [1.54, 1.807) is 12.1 Å². The summed E-state index contributed by atoms with van der Waals surface area (Å²) >= 11 is 0. The Morgan fingerprint density at radius 1 is 1.05 bits per heavy atom. The van der Waals surface area contributed by atoms with Gasteiger partial charge in [0.2, 0.25) is 5.91 Å². The number of hydrogen-bond acceptors (Lipinski definition) is 3. The van der Waals surface area contributed by atoms with Crippen molar-refractivity contribution >= 4 is 23.2 Å². The van der Waals surface area contributed by atoms with Gasteiger partial charge in [0.15, 0.2) is 0 Å². The van der Waals surface area contributed by atoms with Crippen LogP contribution in [0.25, 0.3) is 0 Å². The fourth-order valence-corrected chi connectivity index (χ4v) is 1.89. The zero-order chi connectivity index (χ0) is 16.1. The maximum atomic E-state index is 13.5. The second kappa shape index (κ2) is 6.71. The van der Waals surface area contributed by atoms with Crippen LogP contribution in [-0.2, 0) is 4.79 Å². The smallest absolute Gasteiger partial charge is 0.255 e. The van der Waals surface area contributed by atoms with E-state index in [-0.39, 0.29) is 17.2 Å². The van der Waals surface area contributed by atoms with Gasteiger partial charge >= 0.3 is 0 Å². The van der Waals surface area contributed by atoms with Gasteiger partial charge in [0.05, 0.1) is 18.5 Å². The molecule has 0 saturated heterocycles. The molecule has 5 nitrogen and oxygen atoms in total. The van der Waals surface area contributed by atoms with Crippen LogP contribution >= 0.6 is 0 Å². The van der Waals surface area contributed by atoms with E-state index in [2.05, 4.69) is 10.6 Å². The maximum Gasteiger partial charge on any atom is 0.255 e. The Morgan fingerprint density at radius 3 is 2.41 bits per heavy atom. The van der Waals surface area contributed by atoms with Crippen molar-refractivity contribution in [2.24, 2.45) is 0 Å². The number of methoxy groups -OCH3 is 1. The Balaban J connectivity index is 2.26.